The fourth-order valence-electron chi connectivity index (χ4n) is 2.67. The number of nitrogens with zero attached hydrogens (tertiary/aromatic N) is 2. The van der Waals surface area contributed by atoms with Crippen molar-refractivity contribution >= 4 is 40.0 Å². The lowest BCUT2D eigenvalue weighted by Crippen LogP contribution is -2.35. The number of hydrogen-bond donors (Lipinski definition) is 1. The van der Waals surface area contributed by atoms with Gasteiger partial charge in [-0.25, -0.2) is 4.98 Å². The van der Waals surface area contributed by atoms with Gasteiger partial charge in [0.1, 0.15) is 0 Å². The minimum absolute atomic E-state index is 0.0617. The maximum absolute atomic E-state index is 12.9. The molecule has 7 heteroatoms. The average molecular weight is 361 g/mol. The van der Waals surface area contributed by atoms with Crippen LogP contribution in [0.2, 0.25) is 0 Å². The van der Waals surface area contributed by atoms with Crippen molar-refractivity contribution < 1.29 is 9.59 Å². The third-order valence-corrected chi connectivity index (χ3v) is 5.67. The van der Waals surface area contributed by atoms with Gasteiger partial charge in [-0.1, -0.05) is 30.4 Å². The maximum Gasteiger partial charge on any atom is 0.255 e. The fraction of sp³-hybridized carbons (Fsp3) is 0.353. The number of hydrogen-bond acceptors (Lipinski definition) is 5. The Bertz CT molecular complexity index is 773. The fourth-order valence-corrected chi connectivity index (χ4v) is 4.53. The molecule has 0 bridgehead atoms. The van der Waals surface area contributed by atoms with Crippen LogP contribution in [0.25, 0.3) is 0 Å². The smallest absolute Gasteiger partial charge is 0.255 e. The molecule has 2 heterocycles. The summed E-state index contributed by atoms with van der Waals surface area (Å²) in [5.74, 6) is 0.870. The number of aromatic nitrogens is 1. The van der Waals surface area contributed by atoms with Crippen LogP contribution >= 0.6 is 23.1 Å². The maximum atomic E-state index is 12.9. The van der Waals surface area contributed by atoms with Crippen molar-refractivity contribution in [2.45, 2.75) is 31.7 Å². The molecular formula is C17H19N3O2S2. The van der Waals surface area contributed by atoms with Crippen molar-refractivity contribution in [3.63, 3.8) is 0 Å². The van der Waals surface area contributed by atoms with Gasteiger partial charge in [-0.05, 0) is 17.9 Å². The van der Waals surface area contributed by atoms with E-state index in [-0.39, 0.29) is 11.8 Å². The largest absolute Gasteiger partial charge is 0.333 e. The highest BCUT2D eigenvalue weighted by Gasteiger charge is 2.26. The highest BCUT2D eigenvalue weighted by Crippen LogP contribution is 2.30. The lowest BCUT2D eigenvalue weighted by Gasteiger charge is -2.26. The van der Waals surface area contributed by atoms with Crippen LogP contribution in [-0.4, -0.2) is 34.0 Å². The number of anilines is 1. The molecule has 1 aromatic carbocycles. The molecule has 1 aliphatic rings. The van der Waals surface area contributed by atoms with E-state index in [1.807, 2.05) is 29.2 Å². The molecule has 2 amide bonds. The van der Waals surface area contributed by atoms with E-state index in [9.17, 15) is 9.59 Å². The SMILES string of the molecule is CCSc1ccccc1C(=O)N1CCc2nc(NC(C)=O)sc2C1. The predicted molar refractivity (Wildman–Crippen MR) is 97.7 cm³/mol. The molecule has 126 valence electrons. The Labute approximate surface area is 149 Å². The Balaban J connectivity index is 1.79. The summed E-state index contributed by atoms with van der Waals surface area (Å²) in [5, 5.41) is 3.34. The van der Waals surface area contributed by atoms with Crippen molar-refractivity contribution in [1.82, 2.24) is 9.88 Å². The number of carbonyl (C=O) groups excluding carboxylic acids is 2. The quantitative estimate of drug-likeness (QED) is 0.848. The summed E-state index contributed by atoms with van der Waals surface area (Å²) in [4.78, 5) is 32.5. The Morgan fingerprint density at radius 3 is 2.92 bits per heavy atom. The second-order valence-electron chi connectivity index (χ2n) is 5.48. The molecule has 1 aliphatic heterocycles. The zero-order valence-electron chi connectivity index (χ0n) is 13.7. The molecule has 0 saturated carbocycles. The van der Waals surface area contributed by atoms with Gasteiger partial charge in [0, 0.05) is 29.7 Å². The van der Waals surface area contributed by atoms with E-state index in [0.29, 0.717) is 18.2 Å². The first kappa shape index (κ1) is 17.0. The van der Waals surface area contributed by atoms with E-state index in [1.54, 1.807) is 11.8 Å². The van der Waals surface area contributed by atoms with E-state index in [1.165, 1.54) is 18.3 Å². The van der Waals surface area contributed by atoms with Gasteiger partial charge in [0.2, 0.25) is 5.91 Å². The van der Waals surface area contributed by atoms with Gasteiger partial charge in [-0.2, -0.15) is 0 Å². The van der Waals surface area contributed by atoms with Crippen LogP contribution in [0.5, 0.6) is 0 Å². The molecule has 24 heavy (non-hydrogen) atoms. The summed E-state index contributed by atoms with van der Waals surface area (Å²) in [6.45, 7) is 4.76. The molecule has 1 aromatic heterocycles. The van der Waals surface area contributed by atoms with Crippen LogP contribution in [0.15, 0.2) is 29.2 Å². The minimum atomic E-state index is -0.125. The van der Waals surface area contributed by atoms with Crippen molar-refractivity contribution in [2.75, 3.05) is 17.6 Å². The number of benzene rings is 1. The molecule has 0 fully saturated rings. The van der Waals surface area contributed by atoms with E-state index >= 15 is 0 Å². The third-order valence-electron chi connectivity index (χ3n) is 3.72. The van der Waals surface area contributed by atoms with Gasteiger partial charge < -0.3 is 10.2 Å². The van der Waals surface area contributed by atoms with Crippen LogP contribution in [-0.2, 0) is 17.8 Å². The van der Waals surface area contributed by atoms with Crippen molar-refractivity contribution in [1.29, 1.82) is 0 Å². The third kappa shape index (κ3) is 3.62. The first-order chi connectivity index (χ1) is 11.6. The topological polar surface area (TPSA) is 62.3 Å². The molecule has 1 N–H and O–H groups in total. The summed E-state index contributed by atoms with van der Waals surface area (Å²) in [6, 6.07) is 7.76. The summed E-state index contributed by atoms with van der Waals surface area (Å²) in [5.41, 5.74) is 1.75. The number of thiazole rings is 1. The minimum Gasteiger partial charge on any atom is -0.333 e. The van der Waals surface area contributed by atoms with Crippen LogP contribution < -0.4 is 5.32 Å². The molecule has 5 nitrogen and oxygen atoms in total. The first-order valence-corrected chi connectivity index (χ1v) is 9.66. The number of amides is 2. The summed E-state index contributed by atoms with van der Waals surface area (Å²) in [7, 11) is 0. The molecule has 0 unspecified atom stereocenters. The van der Waals surface area contributed by atoms with Crippen molar-refractivity contribution in [2.24, 2.45) is 0 Å². The van der Waals surface area contributed by atoms with Gasteiger partial charge in [-0.15, -0.1) is 11.8 Å². The van der Waals surface area contributed by atoms with Crippen LogP contribution in [0.4, 0.5) is 5.13 Å². The van der Waals surface area contributed by atoms with Crippen molar-refractivity contribution in [3.8, 4) is 0 Å². The highest BCUT2D eigenvalue weighted by atomic mass is 32.2. The summed E-state index contributed by atoms with van der Waals surface area (Å²) >= 11 is 3.14. The van der Waals surface area contributed by atoms with E-state index < -0.39 is 0 Å². The molecule has 0 spiro atoms. The Morgan fingerprint density at radius 1 is 1.38 bits per heavy atom. The first-order valence-electron chi connectivity index (χ1n) is 7.85. The number of rotatable bonds is 4. The zero-order chi connectivity index (χ0) is 17.1. The van der Waals surface area contributed by atoms with Crippen molar-refractivity contribution in [3.05, 3.63) is 40.4 Å². The molecule has 0 saturated heterocycles. The number of carbonyl (C=O) groups is 2. The summed E-state index contributed by atoms with van der Waals surface area (Å²) in [6.07, 6.45) is 0.722. The van der Waals surface area contributed by atoms with Gasteiger partial charge >= 0.3 is 0 Å². The van der Waals surface area contributed by atoms with Gasteiger partial charge in [0.05, 0.1) is 17.8 Å². The molecule has 0 aliphatic carbocycles. The highest BCUT2D eigenvalue weighted by molar-refractivity contribution is 7.99. The molecule has 0 atom stereocenters. The van der Waals surface area contributed by atoms with Gasteiger partial charge in [-0.3, -0.25) is 9.59 Å². The molecule has 2 aromatic rings. The summed E-state index contributed by atoms with van der Waals surface area (Å²) < 4.78 is 0. The number of nitrogens with one attached hydrogen (secondary N) is 1. The van der Waals surface area contributed by atoms with E-state index in [2.05, 4.69) is 17.2 Å². The van der Waals surface area contributed by atoms with Crippen LogP contribution in [0.1, 0.15) is 34.8 Å². The molecular weight excluding hydrogens is 342 g/mol. The van der Waals surface area contributed by atoms with Crippen LogP contribution in [0.3, 0.4) is 0 Å². The normalized spacial score (nSPS) is 13.5. The van der Waals surface area contributed by atoms with Gasteiger partial charge in [0.15, 0.2) is 5.13 Å². The average Bonchev–Trinajstić information content (AvgIpc) is 2.95. The predicted octanol–water partition coefficient (Wildman–Crippen LogP) is 3.41. The van der Waals surface area contributed by atoms with E-state index in [4.69, 9.17) is 0 Å². The monoisotopic (exact) mass is 361 g/mol. The van der Waals surface area contributed by atoms with Crippen LogP contribution in [0, 0.1) is 0 Å². The molecule has 0 radical (unpaired) electrons. The lowest BCUT2D eigenvalue weighted by molar-refractivity contribution is -0.114. The van der Waals surface area contributed by atoms with Gasteiger partial charge in [0.25, 0.3) is 5.91 Å². The number of thioether (sulfide) groups is 1. The Morgan fingerprint density at radius 2 is 2.17 bits per heavy atom. The second-order valence-corrected chi connectivity index (χ2v) is 7.87. The van der Waals surface area contributed by atoms with E-state index in [0.717, 1.165) is 33.2 Å². The Kier molecular flexibility index (Phi) is 5.20. The molecule has 3 rings (SSSR count). The lowest BCUT2D eigenvalue weighted by atomic mass is 10.1. The second kappa shape index (κ2) is 7.36. The Hall–Kier alpha value is -1.86. The standard InChI is InChI=1S/C17H19N3O2S2/c1-3-23-14-7-5-4-6-12(14)16(22)20-9-8-13-15(10-20)24-17(19-13)18-11(2)21/h4-7H,3,8-10H2,1-2H3,(H,18,19,21). The number of fused-ring (bicyclic) bond motifs is 1. The zero-order valence-corrected chi connectivity index (χ0v) is 15.3.